The largest absolute Gasteiger partial charge is 0.477 e. The van der Waals surface area contributed by atoms with E-state index in [1.807, 2.05) is 36.1 Å². The maximum Gasteiger partial charge on any atom is 0.352 e. The number of thioether (sulfide) groups is 3. The van der Waals surface area contributed by atoms with E-state index in [0.29, 0.717) is 22.0 Å². The molecule has 2 aromatic rings. The number of nitrogens with one attached hydrogen (secondary N) is 1. The molecule has 2 amide bonds. The van der Waals surface area contributed by atoms with Gasteiger partial charge in [-0.2, -0.15) is 0 Å². The SMILES string of the molecule is C[n+]1ccc(SCC2=C(C(=O)O)N3C(=O)[C@H](NC(=O)CSc4cc(Cl)nc(Cl)c4)[C@H]3SC2)cc1. The van der Waals surface area contributed by atoms with Crippen molar-refractivity contribution in [2.24, 2.45) is 7.05 Å². The molecule has 4 rings (SSSR count). The van der Waals surface area contributed by atoms with Crippen molar-refractivity contribution >= 4 is 76.3 Å². The monoisotopic (exact) mass is 557 g/mol. The van der Waals surface area contributed by atoms with Gasteiger partial charge in [-0.1, -0.05) is 23.2 Å². The lowest BCUT2D eigenvalue weighted by Gasteiger charge is -2.49. The normalized spacial score (nSPS) is 19.5. The lowest BCUT2D eigenvalue weighted by atomic mass is 10.0. The van der Waals surface area contributed by atoms with Crippen LogP contribution in [0.15, 0.2) is 57.7 Å². The van der Waals surface area contributed by atoms with Crippen LogP contribution >= 0.6 is 58.5 Å². The van der Waals surface area contributed by atoms with Crippen molar-refractivity contribution in [2.45, 2.75) is 21.2 Å². The van der Waals surface area contributed by atoms with Gasteiger partial charge in [-0.25, -0.2) is 14.3 Å². The highest BCUT2D eigenvalue weighted by Crippen LogP contribution is 2.41. The topological polar surface area (TPSA) is 103 Å². The minimum Gasteiger partial charge on any atom is -0.477 e. The van der Waals surface area contributed by atoms with Crippen LogP contribution in [0.4, 0.5) is 0 Å². The number of carbonyl (C=O) groups excluding carboxylic acids is 2. The molecule has 2 N–H and O–H groups in total. The maximum absolute atomic E-state index is 12.8. The van der Waals surface area contributed by atoms with Crippen molar-refractivity contribution < 1.29 is 24.1 Å². The van der Waals surface area contributed by atoms with E-state index in [9.17, 15) is 19.5 Å². The number of rotatable bonds is 8. The molecule has 13 heteroatoms. The third kappa shape index (κ3) is 5.65. The molecule has 2 aromatic heterocycles. The molecule has 0 unspecified atom stereocenters. The van der Waals surface area contributed by atoms with Crippen LogP contribution in [0.2, 0.25) is 10.3 Å². The molecule has 0 radical (unpaired) electrons. The number of aliphatic carboxylic acids is 1. The molecule has 8 nitrogen and oxygen atoms in total. The van der Waals surface area contributed by atoms with Crippen molar-refractivity contribution in [3.8, 4) is 0 Å². The van der Waals surface area contributed by atoms with Crippen LogP contribution in [0.1, 0.15) is 0 Å². The van der Waals surface area contributed by atoms with Crippen molar-refractivity contribution in [3.63, 3.8) is 0 Å². The zero-order chi connectivity index (χ0) is 24.4. The van der Waals surface area contributed by atoms with Crippen LogP contribution in [0.25, 0.3) is 0 Å². The van der Waals surface area contributed by atoms with E-state index in [0.717, 1.165) is 4.90 Å². The highest BCUT2D eigenvalue weighted by atomic mass is 35.5. The Kier molecular flexibility index (Phi) is 7.98. The van der Waals surface area contributed by atoms with Gasteiger partial charge in [0.2, 0.25) is 5.91 Å². The van der Waals surface area contributed by atoms with E-state index >= 15 is 0 Å². The fourth-order valence-corrected chi connectivity index (χ4v) is 7.17. The van der Waals surface area contributed by atoms with Gasteiger partial charge in [0.15, 0.2) is 12.4 Å². The first-order chi connectivity index (χ1) is 16.2. The average molecular weight is 559 g/mol. The Balaban J connectivity index is 1.38. The van der Waals surface area contributed by atoms with Gasteiger partial charge in [0.05, 0.1) is 5.75 Å². The van der Waals surface area contributed by atoms with Gasteiger partial charge in [0.25, 0.3) is 5.91 Å². The second-order valence-electron chi connectivity index (χ2n) is 7.44. The number of aromatic nitrogens is 2. The fourth-order valence-electron chi connectivity index (χ4n) is 3.44. The van der Waals surface area contributed by atoms with Crippen molar-refractivity contribution in [2.75, 3.05) is 17.3 Å². The number of β-lactam (4-membered cyclic amide) rings is 1. The smallest absolute Gasteiger partial charge is 0.352 e. The van der Waals surface area contributed by atoms with E-state index in [-0.39, 0.29) is 27.7 Å². The number of aryl methyl sites for hydroxylation is 1. The zero-order valence-corrected chi connectivity index (χ0v) is 21.7. The summed E-state index contributed by atoms with van der Waals surface area (Å²) in [6, 6.07) is 6.34. The third-order valence-corrected chi connectivity index (χ3v) is 8.83. The number of halogens is 2. The molecular weight excluding hydrogens is 539 g/mol. The Hall–Kier alpha value is -1.92. The second kappa shape index (κ2) is 10.8. The Morgan fingerprint density at radius 2 is 1.91 bits per heavy atom. The number of carboxylic acid groups (broad SMARTS) is 1. The lowest BCUT2D eigenvalue weighted by Crippen LogP contribution is -2.70. The van der Waals surface area contributed by atoms with Crippen LogP contribution in [0.5, 0.6) is 0 Å². The number of pyridine rings is 2. The first-order valence-electron chi connectivity index (χ1n) is 9.96. The number of amides is 2. The Morgan fingerprint density at radius 1 is 1.24 bits per heavy atom. The van der Waals surface area contributed by atoms with Crippen LogP contribution in [-0.4, -0.2) is 61.4 Å². The summed E-state index contributed by atoms with van der Waals surface area (Å²) in [5.74, 6) is -0.914. The Morgan fingerprint density at radius 3 is 2.56 bits per heavy atom. The molecular formula is C21H19Cl2N4O4S3+. The summed E-state index contributed by atoms with van der Waals surface area (Å²) < 4.78 is 1.92. The first-order valence-corrected chi connectivity index (χ1v) is 13.7. The van der Waals surface area contributed by atoms with E-state index in [2.05, 4.69) is 10.3 Å². The van der Waals surface area contributed by atoms with Gasteiger partial charge in [-0.05, 0) is 17.7 Å². The Labute approximate surface area is 218 Å². The summed E-state index contributed by atoms with van der Waals surface area (Å²) in [6.45, 7) is 0. The predicted molar refractivity (Wildman–Crippen MR) is 133 cm³/mol. The molecule has 0 aromatic carbocycles. The molecule has 1 fully saturated rings. The number of carboxylic acids is 1. The average Bonchev–Trinajstić information content (AvgIpc) is 2.79. The Bertz CT molecular complexity index is 1160. The molecule has 0 saturated carbocycles. The van der Waals surface area contributed by atoms with Crippen molar-refractivity contribution in [1.82, 2.24) is 15.2 Å². The third-order valence-electron chi connectivity index (χ3n) is 5.03. The second-order valence-corrected chi connectivity index (χ2v) is 11.4. The summed E-state index contributed by atoms with van der Waals surface area (Å²) in [5.41, 5.74) is 0.704. The summed E-state index contributed by atoms with van der Waals surface area (Å²) in [4.78, 5) is 44.1. The number of fused-ring (bicyclic) bond motifs is 1. The van der Waals surface area contributed by atoms with Gasteiger partial charge in [-0.15, -0.1) is 35.3 Å². The minimum atomic E-state index is -1.14. The molecule has 2 atom stereocenters. The predicted octanol–water partition coefficient (Wildman–Crippen LogP) is 2.84. The molecule has 0 aliphatic carbocycles. The van der Waals surface area contributed by atoms with E-state index in [4.69, 9.17) is 23.2 Å². The van der Waals surface area contributed by atoms with Crippen molar-refractivity contribution in [1.29, 1.82) is 0 Å². The van der Waals surface area contributed by atoms with Crippen LogP contribution in [-0.2, 0) is 21.4 Å². The molecule has 34 heavy (non-hydrogen) atoms. The highest BCUT2D eigenvalue weighted by Gasteiger charge is 2.54. The van der Waals surface area contributed by atoms with Crippen molar-refractivity contribution in [3.05, 3.63) is 58.2 Å². The van der Waals surface area contributed by atoms with Crippen LogP contribution < -0.4 is 9.88 Å². The molecule has 2 aliphatic rings. The fraction of sp³-hybridized carbons (Fsp3) is 0.286. The number of nitrogens with zero attached hydrogens (tertiary/aromatic N) is 3. The summed E-state index contributed by atoms with van der Waals surface area (Å²) in [7, 11) is 1.92. The lowest BCUT2D eigenvalue weighted by molar-refractivity contribution is -0.671. The standard InChI is InChI=1S/C21H18Cl2N4O4S3/c1-26-4-2-12(3-5-26)32-8-11-9-34-20-17(19(29)27(20)18(11)21(30)31)25-16(28)10-33-13-6-14(22)24-15(23)7-13/h2-7,17,20H,8-10H2,1H3,(H-,25,28,30,31)/p+1/t17-,20+/m0/s1. The van der Waals surface area contributed by atoms with Gasteiger partial charge in [0.1, 0.15) is 34.5 Å². The number of hydrogen-bond acceptors (Lipinski definition) is 7. The van der Waals surface area contributed by atoms with Gasteiger partial charge in [0, 0.05) is 33.4 Å². The summed E-state index contributed by atoms with van der Waals surface area (Å²) in [5, 5.41) is 12.5. The first kappa shape index (κ1) is 25.2. The molecule has 0 bridgehead atoms. The molecule has 0 spiro atoms. The van der Waals surface area contributed by atoms with Crippen LogP contribution in [0, 0.1) is 0 Å². The van der Waals surface area contributed by atoms with E-state index in [1.165, 1.54) is 40.2 Å². The number of hydrogen-bond donors (Lipinski definition) is 2. The van der Waals surface area contributed by atoms with Crippen LogP contribution in [0.3, 0.4) is 0 Å². The number of carbonyl (C=O) groups is 3. The van der Waals surface area contributed by atoms with E-state index in [1.54, 1.807) is 12.1 Å². The van der Waals surface area contributed by atoms with E-state index < -0.39 is 23.3 Å². The quantitative estimate of drug-likeness (QED) is 0.221. The van der Waals surface area contributed by atoms with Gasteiger partial charge in [-0.3, -0.25) is 14.5 Å². The van der Waals surface area contributed by atoms with Gasteiger partial charge >= 0.3 is 5.97 Å². The minimum absolute atomic E-state index is 0.0173. The zero-order valence-electron chi connectivity index (χ0n) is 17.7. The molecule has 2 aliphatic heterocycles. The van der Waals surface area contributed by atoms with Gasteiger partial charge < -0.3 is 10.4 Å². The summed E-state index contributed by atoms with van der Waals surface area (Å²) in [6.07, 6.45) is 3.84. The molecule has 1 saturated heterocycles. The highest BCUT2D eigenvalue weighted by molar-refractivity contribution is 8.01. The maximum atomic E-state index is 12.8. The molecule has 4 heterocycles. The molecule has 178 valence electrons. The summed E-state index contributed by atoms with van der Waals surface area (Å²) >= 11 is 15.9.